The lowest BCUT2D eigenvalue weighted by Gasteiger charge is -2.09. The van der Waals surface area contributed by atoms with Gasteiger partial charge in [-0.1, -0.05) is 0 Å². The highest BCUT2D eigenvalue weighted by Gasteiger charge is 2.27. The molecule has 0 aliphatic heterocycles. The van der Waals surface area contributed by atoms with Gasteiger partial charge in [0.25, 0.3) is 6.43 Å². The summed E-state index contributed by atoms with van der Waals surface area (Å²) in [7, 11) is 0. The number of esters is 1. The molecule has 1 aromatic heterocycles. The molecule has 0 radical (unpaired) electrons. The standard InChI is InChI=1S/C10H7F3N2O2/c1-2-17-10(16)7-5(3-14)6(11)4-15-8(7)9(12)13/h4,9H,2H2,1H3. The molecular weight excluding hydrogens is 237 g/mol. The fraction of sp³-hybridized carbons (Fsp3) is 0.300. The van der Waals surface area contributed by atoms with Gasteiger partial charge < -0.3 is 4.74 Å². The summed E-state index contributed by atoms with van der Waals surface area (Å²) < 4.78 is 42.8. The second-order valence-corrected chi connectivity index (χ2v) is 2.87. The van der Waals surface area contributed by atoms with Crippen LogP contribution < -0.4 is 0 Å². The number of carbonyl (C=O) groups is 1. The molecule has 0 saturated heterocycles. The van der Waals surface area contributed by atoms with Gasteiger partial charge in [0.1, 0.15) is 22.9 Å². The van der Waals surface area contributed by atoms with Gasteiger partial charge >= 0.3 is 5.97 Å². The molecule has 4 nitrogen and oxygen atoms in total. The molecule has 0 aliphatic carbocycles. The largest absolute Gasteiger partial charge is 0.462 e. The van der Waals surface area contributed by atoms with Crippen molar-refractivity contribution in [3.63, 3.8) is 0 Å². The highest BCUT2D eigenvalue weighted by molar-refractivity contribution is 5.93. The number of aromatic nitrogens is 1. The average Bonchev–Trinajstić information content (AvgIpc) is 2.28. The smallest absolute Gasteiger partial charge is 0.341 e. The number of hydrogen-bond acceptors (Lipinski definition) is 4. The molecule has 0 N–H and O–H groups in total. The second-order valence-electron chi connectivity index (χ2n) is 2.87. The normalized spacial score (nSPS) is 10.1. The average molecular weight is 244 g/mol. The van der Waals surface area contributed by atoms with Crippen LogP contribution in [-0.2, 0) is 4.74 Å². The number of nitrogens with zero attached hydrogens (tertiary/aromatic N) is 2. The molecule has 0 aromatic carbocycles. The number of nitriles is 1. The maximum absolute atomic E-state index is 13.2. The predicted octanol–water partition coefficient (Wildman–Crippen LogP) is 2.21. The van der Waals surface area contributed by atoms with Gasteiger partial charge in [0.05, 0.1) is 12.8 Å². The molecule has 7 heteroatoms. The van der Waals surface area contributed by atoms with E-state index in [1.807, 2.05) is 0 Å². The maximum atomic E-state index is 13.2. The molecule has 1 rings (SSSR count). The number of rotatable bonds is 3. The van der Waals surface area contributed by atoms with Crippen LogP contribution >= 0.6 is 0 Å². The van der Waals surface area contributed by atoms with Crippen molar-refractivity contribution in [2.24, 2.45) is 0 Å². The van der Waals surface area contributed by atoms with E-state index >= 15 is 0 Å². The number of halogens is 3. The lowest BCUT2D eigenvalue weighted by molar-refractivity contribution is 0.0512. The molecule has 0 spiro atoms. The number of pyridine rings is 1. The summed E-state index contributed by atoms with van der Waals surface area (Å²) in [6, 6.07) is 1.35. The minimum atomic E-state index is -3.10. The van der Waals surface area contributed by atoms with Crippen LogP contribution in [0.5, 0.6) is 0 Å². The van der Waals surface area contributed by atoms with Crippen molar-refractivity contribution < 1.29 is 22.7 Å². The first kappa shape index (κ1) is 13.0. The molecule has 0 unspecified atom stereocenters. The summed E-state index contributed by atoms with van der Waals surface area (Å²) in [6.45, 7) is 1.38. The third-order valence-corrected chi connectivity index (χ3v) is 1.86. The second kappa shape index (κ2) is 5.30. The molecule has 0 amide bonds. The third kappa shape index (κ3) is 2.53. The van der Waals surface area contributed by atoms with Crippen molar-refractivity contribution in [3.05, 3.63) is 28.8 Å². The number of alkyl halides is 2. The highest BCUT2D eigenvalue weighted by atomic mass is 19.3. The van der Waals surface area contributed by atoms with Crippen LogP contribution in [0.1, 0.15) is 35.0 Å². The summed E-state index contributed by atoms with van der Waals surface area (Å²) in [5.74, 6) is -2.33. The topological polar surface area (TPSA) is 63.0 Å². The van der Waals surface area contributed by atoms with E-state index in [-0.39, 0.29) is 6.61 Å². The van der Waals surface area contributed by atoms with Gasteiger partial charge in [-0.05, 0) is 6.92 Å². The Morgan fingerprint density at radius 2 is 2.29 bits per heavy atom. The molecule has 0 fully saturated rings. The van der Waals surface area contributed by atoms with Crippen molar-refractivity contribution in [1.29, 1.82) is 5.26 Å². The van der Waals surface area contributed by atoms with Gasteiger partial charge in [0.2, 0.25) is 0 Å². The first-order valence-electron chi connectivity index (χ1n) is 4.56. The van der Waals surface area contributed by atoms with Crippen LogP contribution in [0.15, 0.2) is 6.20 Å². The van der Waals surface area contributed by atoms with Crippen molar-refractivity contribution in [2.45, 2.75) is 13.3 Å². The molecule has 90 valence electrons. The Balaban J connectivity index is 3.45. The van der Waals surface area contributed by atoms with E-state index in [2.05, 4.69) is 9.72 Å². The van der Waals surface area contributed by atoms with E-state index in [4.69, 9.17) is 5.26 Å². The fourth-order valence-electron chi connectivity index (χ4n) is 1.19. The van der Waals surface area contributed by atoms with Gasteiger partial charge in [-0.3, -0.25) is 4.98 Å². The van der Waals surface area contributed by atoms with Crippen LogP contribution in [0.4, 0.5) is 13.2 Å². The van der Waals surface area contributed by atoms with Crippen molar-refractivity contribution in [1.82, 2.24) is 4.98 Å². The Morgan fingerprint density at radius 3 is 2.76 bits per heavy atom. The van der Waals surface area contributed by atoms with Crippen LogP contribution in [-0.4, -0.2) is 17.6 Å². The monoisotopic (exact) mass is 244 g/mol. The first-order valence-corrected chi connectivity index (χ1v) is 4.56. The number of carbonyl (C=O) groups excluding carboxylic acids is 1. The molecule has 1 aromatic rings. The molecule has 1 heterocycles. The van der Waals surface area contributed by atoms with Crippen LogP contribution in [0.3, 0.4) is 0 Å². The van der Waals surface area contributed by atoms with Gasteiger partial charge in [-0.15, -0.1) is 0 Å². The summed E-state index contributed by atoms with van der Waals surface area (Å²) in [5, 5.41) is 8.65. The molecule has 17 heavy (non-hydrogen) atoms. The Labute approximate surface area is 94.6 Å². The number of hydrogen-bond donors (Lipinski definition) is 0. The summed E-state index contributed by atoms with van der Waals surface area (Å²) in [4.78, 5) is 14.5. The van der Waals surface area contributed by atoms with Gasteiger partial charge in [-0.25, -0.2) is 18.0 Å². The van der Waals surface area contributed by atoms with Crippen molar-refractivity contribution >= 4 is 5.97 Å². The zero-order chi connectivity index (χ0) is 13.0. The summed E-state index contributed by atoms with van der Waals surface area (Å²) >= 11 is 0. The van der Waals surface area contributed by atoms with E-state index in [0.29, 0.717) is 6.20 Å². The van der Waals surface area contributed by atoms with E-state index in [0.717, 1.165) is 0 Å². The van der Waals surface area contributed by atoms with E-state index in [9.17, 15) is 18.0 Å². The molecule has 0 aliphatic rings. The fourth-order valence-corrected chi connectivity index (χ4v) is 1.19. The predicted molar refractivity (Wildman–Crippen MR) is 49.8 cm³/mol. The van der Waals surface area contributed by atoms with Gasteiger partial charge in [0, 0.05) is 0 Å². The minimum Gasteiger partial charge on any atom is -0.462 e. The van der Waals surface area contributed by atoms with E-state index in [1.165, 1.54) is 13.0 Å². The Kier molecular flexibility index (Phi) is 4.04. The highest BCUT2D eigenvalue weighted by Crippen LogP contribution is 2.25. The molecule has 0 saturated carbocycles. The Hall–Kier alpha value is -2.10. The van der Waals surface area contributed by atoms with E-state index < -0.39 is 35.0 Å². The van der Waals surface area contributed by atoms with Crippen LogP contribution in [0, 0.1) is 17.1 Å². The third-order valence-electron chi connectivity index (χ3n) is 1.86. The van der Waals surface area contributed by atoms with Crippen molar-refractivity contribution in [3.8, 4) is 6.07 Å². The molecule has 0 bridgehead atoms. The quantitative estimate of drug-likeness (QED) is 0.764. The Morgan fingerprint density at radius 1 is 1.65 bits per heavy atom. The van der Waals surface area contributed by atoms with Crippen LogP contribution in [0.25, 0.3) is 0 Å². The van der Waals surface area contributed by atoms with Gasteiger partial charge in [-0.2, -0.15) is 5.26 Å². The number of ether oxygens (including phenoxy) is 1. The summed E-state index contributed by atoms with van der Waals surface area (Å²) in [5.41, 5.74) is -2.56. The maximum Gasteiger partial charge on any atom is 0.341 e. The SMILES string of the molecule is CCOC(=O)c1c(C(F)F)ncc(F)c1C#N. The Bertz CT molecular complexity index is 483. The minimum absolute atomic E-state index is 0.0805. The first-order chi connectivity index (χ1) is 8.02. The van der Waals surface area contributed by atoms with Gasteiger partial charge in [0.15, 0.2) is 5.82 Å². The van der Waals surface area contributed by atoms with Crippen molar-refractivity contribution in [2.75, 3.05) is 6.61 Å². The zero-order valence-electron chi connectivity index (χ0n) is 8.71. The molecule has 0 atom stereocenters. The van der Waals surface area contributed by atoms with E-state index in [1.54, 1.807) is 0 Å². The summed E-state index contributed by atoms with van der Waals surface area (Å²) in [6.07, 6.45) is -2.62. The molecular formula is C10H7F3N2O2. The zero-order valence-corrected chi connectivity index (χ0v) is 8.71. The lowest BCUT2D eigenvalue weighted by atomic mass is 10.1. The lowest BCUT2D eigenvalue weighted by Crippen LogP contribution is -2.14. The van der Waals surface area contributed by atoms with Crippen LogP contribution in [0.2, 0.25) is 0 Å².